The molecule has 1 spiro atoms. The second-order valence-corrected chi connectivity index (χ2v) is 12.1. The molecule has 0 saturated heterocycles. The van der Waals surface area contributed by atoms with Crippen LogP contribution in [-0.2, 0) is 5.41 Å². The monoisotopic (exact) mass is 532 g/mol. The second-order valence-electron chi connectivity index (χ2n) is 10.5. The molecule has 1 heterocycles. The van der Waals surface area contributed by atoms with Crippen molar-refractivity contribution in [3.63, 3.8) is 0 Å². The first-order valence-corrected chi connectivity index (χ1v) is 14.5. The summed E-state index contributed by atoms with van der Waals surface area (Å²) >= 11 is 8.23. The molecule has 1 aromatic heterocycles. The topological polar surface area (TPSA) is 0 Å². The lowest BCUT2D eigenvalue weighted by Gasteiger charge is -2.32. The molecule has 0 nitrogen and oxygen atoms in total. The molecule has 0 radical (unpaired) electrons. The van der Waals surface area contributed by atoms with Gasteiger partial charge in [0.15, 0.2) is 0 Å². The molecule has 1 unspecified atom stereocenters. The second kappa shape index (κ2) is 7.70. The molecule has 39 heavy (non-hydrogen) atoms. The number of hydrogen-bond acceptors (Lipinski definition) is 1. The number of rotatable bonds is 1. The summed E-state index contributed by atoms with van der Waals surface area (Å²) in [5, 5.41) is 3.48. The van der Waals surface area contributed by atoms with E-state index in [0.29, 0.717) is 0 Å². The van der Waals surface area contributed by atoms with Gasteiger partial charge in [0.25, 0.3) is 0 Å². The highest BCUT2D eigenvalue weighted by Crippen LogP contribution is 2.65. The van der Waals surface area contributed by atoms with E-state index in [1.807, 2.05) is 23.5 Å². The van der Waals surface area contributed by atoms with Crippen molar-refractivity contribution < 1.29 is 0 Å². The molecular formula is C37H21ClS. The largest absolute Gasteiger partial charge is 0.135 e. The van der Waals surface area contributed by atoms with Gasteiger partial charge in [0.2, 0.25) is 0 Å². The molecular weight excluding hydrogens is 512 g/mol. The van der Waals surface area contributed by atoms with Gasteiger partial charge < -0.3 is 0 Å². The average Bonchev–Trinajstić information content (AvgIpc) is 3.61. The normalized spacial score (nSPS) is 16.4. The van der Waals surface area contributed by atoms with Gasteiger partial charge in [-0.05, 0) is 79.9 Å². The Morgan fingerprint density at radius 3 is 2.00 bits per heavy atom. The first kappa shape index (κ1) is 21.7. The van der Waals surface area contributed by atoms with Crippen molar-refractivity contribution in [1.82, 2.24) is 0 Å². The molecule has 0 saturated carbocycles. The smallest absolute Gasteiger partial charge is 0.0731 e. The van der Waals surface area contributed by atoms with Crippen molar-refractivity contribution in [2.24, 2.45) is 0 Å². The average molecular weight is 533 g/mol. The molecule has 2 aliphatic rings. The number of benzene rings is 6. The van der Waals surface area contributed by atoms with Gasteiger partial charge in [-0.3, -0.25) is 0 Å². The highest BCUT2D eigenvalue weighted by Gasteiger charge is 2.53. The van der Waals surface area contributed by atoms with Crippen LogP contribution < -0.4 is 0 Å². The van der Waals surface area contributed by atoms with Crippen LogP contribution in [0.3, 0.4) is 0 Å². The van der Waals surface area contributed by atoms with Crippen LogP contribution in [0.2, 0.25) is 5.02 Å². The van der Waals surface area contributed by atoms with Gasteiger partial charge in [-0.1, -0.05) is 115 Å². The maximum Gasteiger partial charge on any atom is 0.0731 e. The Morgan fingerprint density at radius 2 is 1.15 bits per heavy atom. The van der Waals surface area contributed by atoms with Crippen LogP contribution >= 0.6 is 22.9 Å². The van der Waals surface area contributed by atoms with E-state index < -0.39 is 5.41 Å². The molecule has 0 amide bonds. The third kappa shape index (κ3) is 2.65. The van der Waals surface area contributed by atoms with E-state index in [1.165, 1.54) is 75.8 Å². The molecule has 9 rings (SSSR count). The fourth-order valence-corrected chi connectivity index (χ4v) is 8.61. The quantitative estimate of drug-likeness (QED) is 0.197. The van der Waals surface area contributed by atoms with Crippen LogP contribution in [0, 0.1) is 0 Å². The van der Waals surface area contributed by atoms with Gasteiger partial charge >= 0.3 is 0 Å². The van der Waals surface area contributed by atoms with Gasteiger partial charge in [-0.25, -0.2) is 0 Å². The fraction of sp³-hybridized carbons (Fsp3) is 0.0270. The fourth-order valence-electron chi connectivity index (χ4n) is 7.37. The first-order valence-electron chi connectivity index (χ1n) is 13.3. The zero-order valence-electron chi connectivity index (χ0n) is 20.9. The van der Waals surface area contributed by atoms with Gasteiger partial charge in [0.05, 0.1) is 5.41 Å². The molecule has 0 N–H and O–H groups in total. The van der Waals surface area contributed by atoms with E-state index in [9.17, 15) is 0 Å². The van der Waals surface area contributed by atoms with Crippen molar-refractivity contribution >= 4 is 43.1 Å². The minimum absolute atomic E-state index is 0.398. The van der Waals surface area contributed by atoms with Gasteiger partial charge in [-0.2, -0.15) is 0 Å². The predicted octanol–water partition coefficient (Wildman–Crippen LogP) is 10.7. The van der Waals surface area contributed by atoms with Crippen LogP contribution in [0.15, 0.2) is 127 Å². The minimum Gasteiger partial charge on any atom is -0.135 e. The Morgan fingerprint density at radius 1 is 0.487 bits per heavy atom. The van der Waals surface area contributed by atoms with E-state index in [2.05, 4.69) is 115 Å². The molecule has 2 heteroatoms. The summed E-state index contributed by atoms with van der Waals surface area (Å²) in [6.45, 7) is 0. The highest BCUT2D eigenvalue weighted by molar-refractivity contribution is 7.26. The lowest BCUT2D eigenvalue weighted by molar-refractivity contribution is 0.796. The van der Waals surface area contributed by atoms with Crippen LogP contribution in [-0.4, -0.2) is 0 Å². The Hall–Kier alpha value is -4.17. The van der Waals surface area contributed by atoms with Gasteiger partial charge in [0.1, 0.15) is 0 Å². The molecule has 0 aliphatic heterocycles. The Kier molecular flexibility index (Phi) is 4.29. The van der Waals surface area contributed by atoms with Crippen LogP contribution in [0.4, 0.5) is 0 Å². The predicted molar refractivity (Wildman–Crippen MR) is 166 cm³/mol. The van der Waals surface area contributed by atoms with E-state index >= 15 is 0 Å². The summed E-state index contributed by atoms with van der Waals surface area (Å²) in [6.07, 6.45) is 0. The van der Waals surface area contributed by atoms with Crippen molar-refractivity contribution in [1.29, 1.82) is 0 Å². The summed E-state index contributed by atoms with van der Waals surface area (Å²) < 4.78 is 2.69. The van der Waals surface area contributed by atoms with Crippen molar-refractivity contribution in [3.8, 4) is 33.4 Å². The number of fused-ring (bicyclic) bond motifs is 14. The van der Waals surface area contributed by atoms with Crippen molar-refractivity contribution in [2.45, 2.75) is 5.41 Å². The summed E-state index contributed by atoms with van der Waals surface area (Å²) in [5.74, 6) is 0. The Balaban J connectivity index is 1.51. The molecule has 0 bridgehead atoms. The van der Waals surface area contributed by atoms with Crippen molar-refractivity contribution in [2.75, 3.05) is 0 Å². The van der Waals surface area contributed by atoms with Crippen LogP contribution in [0.5, 0.6) is 0 Å². The summed E-state index contributed by atoms with van der Waals surface area (Å²) in [7, 11) is 0. The molecule has 1 atom stereocenters. The van der Waals surface area contributed by atoms with E-state index in [1.54, 1.807) is 0 Å². The lowest BCUT2D eigenvalue weighted by Crippen LogP contribution is -2.26. The third-order valence-electron chi connectivity index (χ3n) is 8.76. The molecule has 2 aliphatic carbocycles. The molecule has 7 aromatic rings. The zero-order chi connectivity index (χ0) is 25.7. The lowest BCUT2D eigenvalue weighted by atomic mass is 9.68. The van der Waals surface area contributed by atoms with E-state index in [-0.39, 0.29) is 0 Å². The summed E-state index contributed by atoms with van der Waals surface area (Å²) in [6, 6.07) is 46.9. The Labute approximate surface area is 235 Å². The summed E-state index contributed by atoms with van der Waals surface area (Å²) in [4.78, 5) is 0. The van der Waals surface area contributed by atoms with Crippen molar-refractivity contribution in [3.05, 3.63) is 155 Å². The maximum atomic E-state index is 6.34. The van der Waals surface area contributed by atoms with E-state index in [4.69, 9.17) is 11.6 Å². The van der Waals surface area contributed by atoms with Crippen LogP contribution in [0.1, 0.15) is 22.3 Å². The summed E-state index contributed by atoms with van der Waals surface area (Å²) in [5.41, 5.74) is 12.9. The van der Waals surface area contributed by atoms with E-state index in [0.717, 1.165) is 5.02 Å². The molecule has 182 valence electrons. The van der Waals surface area contributed by atoms with Gasteiger partial charge in [0, 0.05) is 25.2 Å². The SMILES string of the molecule is Clc1ccc(-c2cccc3c2C2(c4ccccc4-3)c3ccccc3-c3c2ccc2sc4ccccc4c32)cc1. The Bertz CT molecular complexity index is 2130. The molecule has 6 aromatic carbocycles. The number of thiophene rings is 1. The minimum atomic E-state index is -0.398. The maximum absolute atomic E-state index is 6.34. The van der Waals surface area contributed by atoms with Crippen LogP contribution in [0.25, 0.3) is 53.6 Å². The third-order valence-corrected chi connectivity index (χ3v) is 10.2. The number of halogens is 1. The molecule has 0 fully saturated rings. The first-order chi connectivity index (χ1) is 19.3. The van der Waals surface area contributed by atoms with Gasteiger partial charge in [-0.15, -0.1) is 11.3 Å². The zero-order valence-corrected chi connectivity index (χ0v) is 22.5. The standard InChI is InChI=1S/C37H21ClS/c38-23-18-16-22(17-19-23)24-11-7-12-26-25-8-1-4-13-29(25)37(36(24)26)30-14-5-2-9-27(30)34-31(37)20-21-33-35(34)28-10-3-6-15-32(28)39-33/h1-21H. The highest BCUT2D eigenvalue weighted by atomic mass is 35.5. The number of hydrogen-bond donors (Lipinski definition) is 0.